The van der Waals surface area contributed by atoms with E-state index in [9.17, 15) is 4.79 Å². The molecule has 0 spiro atoms. The van der Waals surface area contributed by atoms with Crippen LogP contribution in [0, 0.1) is 5.92 Å². The van der Waals surface area contributed by atoms with E-state index in [-0.39, 0.29) is 11.7 Å². The summed E-state index contributed by atoms with van der Waals surface area (Å²) in [6.07, 6.45) is 2.22. The Morgan fingerprint density at radius 1 is 1.23 bits per heavy atom. The molecule has 1 aromatic carbocycles. The standard InChI is InChI=1S/C22H29N3O4S/c1-14(2)11-23-22(30)25(13-17-4-3-5-27-17)12-16-8-15-9-19-20(29-7-6-28-19)10-18(15)24-21(16)26/h8-10,14,17H,3-7,11-13H2,1-2H3,(H,23,30)(H,24,26)/t17-/m1/s1. The molecule has 2 N–H and O–H groups in total. The number of H-pyrrole nitrogens is 1. The van der Waals surface area contributed by atoms with E-state index in [0.29, 0.717) is 54.4 Å². The second-order valence-electron chi connectivity index (χ2n) is 8.30. The number of aromatic amines is 1. The van der Waals surface area contributed by atoms with E-state index in [1.807, 2.05) is 23.1 Å². The fourth-order valence-corrected chi connectivity index (χ4v) is 3.99. The topological polar surface area (TPSA) is 75.8 Å². The summed E-state index contributed by atoms with van der Waals surface area (Å²) >= 11 is 5.66. The molecule has 0 unspecified atom stereocenters. The molecule has 4 rings (SSSR count). The van der Waals surface area contributed by atoms with E-state index in [2.05, 4.69) is 24.1 Å². The Morgan fingerprint density at radius 3 is 2.70 bits per heavy atom. The SMILES string of the molecule is CC(C)CNC(=S)N(Cc1cc2cc3c(cc2[nH]c1=O)OCCO3)C[C@H]1CCCO1. The van der Waals surface area contributed by atoms with Gasteiger partial charge in [-0.1, -0.05) is 13.8 Å². The summed E-state index contributed by atoms with van der Waals surface area (Å²) in [4.78, 5) is 17.8. The highest BCUT2D eigenvalue weighted by Crippen LogP contribution is 2.33. The number of hydrogen-bond donors (Lipinski definition) is 2. The number of pyridine rings is 1. The summed E-state index contributed by atoms with van der Waals surface area (Å²) in [7, 11) is 0. The van der Waals surface area contributed by atoms with Gasteiger partial charge in [0.2, 0.25) is 0 Å². The van der Waals surface area contributed by atoms with Crippen molar-refractivity contribution < 1.29 is 14.2 Å². The highest BCUT2D eigenvalue weighted by atomic mass is 32.1. The quantitative estimate of drug-likeness (QED) is 0.681. The number of rotatable bonds is 6. The molecule has 2 aromatic rings. The lowest BCUT2D eigenvalue weighted by atomic mass is 10.1. The lowest BCUT2D eigenvalue weighted by molar-refractivity contribution is 0.0896. The van der Waals surface area contributed by atoms with E-state index in [0.717, 1.165) is 36.9 Å². The smallest absolute Gasteiger partial charge is 0.253 e. The van der Waals surface area contributed by atoms with E-state index < -0.39 is 0 Å². The molecule has 2 aliphatic rings. The molecule has 3 heterocycles. The number of nitrogens with zero attached hydrogens (tertiary/aromatic N) is 1. The van der Waals surface area contributed by atoms with Crippen LogP contribution in [0.4, 0.5) is 0 Å². The van der Waals surface area contributed by atoms with E-state index in [4.69, 9.17) is 26.4 Å². The minimum absolute atomic E-state index is 0.122. The summed E-state index contributed by atoms with van der Waals surface area (Å²) < 4.78 is 17.1. The molecule has 0 saturated carbocycles. The Hall–Kier alpha value is -2.32. The van der Waals surface area contributed by atoms with Crippen LogP contribution in [-0.2, 0) is 11.3 Å². The van der Waals surface area contributed by atoms with E-state index in [1.165, 1.54) is 0 Å². The maximum absolute atomic E-state index is 12.8. The molecular weight excluding hydrogens is 402 g/mol. The Kier molecular flexibility index (Phi) is 6.43. The molecule has 1 atom stereocenters. The van der Waals surface area contributed by atoms with Gasteiger partial charge in [0, 0.05) is 36.7 Å². The molecule has 0 bridgehead atoms. The van der Waals surface area contributed by atoms with Gasteiger partial charge in [-0.15, -0.1) is 0 Å². The molecule has 2 aliphatic heterocycles. The third kappa shape index (κ3) is 4.87. The molecule has 7 nitrogen and oxygen atoms in total. The van der Waals surface area contributed by atoms with Crippen LogP contribution < -0.4 is 20.3 Å². The number of fused-ring (bicyclic) bond motifs is 2. The number of hydrogen-bond acceptors (Lipinski definition) is 5. The van der Waals surface area contributed by atoms with Gasteiger partial charge in [0.15, 0.2) is 16.6 Å². The molecule has 162 valence electrons. The van der Waals surface area contributed by atoms with Crippen LogP contribution in [-0.4, -0.2) is 54.0 Å². The predicted octanol–water partition coefficient (Wildman–Crippen LogP) is 2.81. The largest absolute Gasteiger partial charge is 0.486 e. The monoisotopic (exact) mass is 431 g/mol. The zero-order chi connectivity index (χ0) is 21.1. The molecule has 0 amide bonds. The first-order valence-corrected chi connectivity index (χ1v) is 11.0. The van der Waals surface area contributed by atoms with Gasteiger partial charge in [-0.25, -0.2) is 0 Å². The van der Waals surface area contributed by atoms with Gasteiger partial charge in [-0.3, -0.25) is 4.79 Å². The second kappa shape index (κ2) is 9.22. The fourth-order valence-electron chi connectivity index (χ4n) is 3.77. The first kappa shape index (κ1) is 20.9. The molecule has 1 aromatic heterocycles. The van der Waals surface area contributed by atoms with Crippen molar-refractivity contribution in [1.82, 2.24) is 15.2 Å². The summed E-state index contributed by atoms with van der Waals surface area (Å²) in [6, 6.07) is 5.66. The highest BCUT2D eigenvalue weighted by Gasteiger charge is 2.22. The van der Waals surface area contributed by atoms with Crippen molar-refractivity contribution in [3.05, 3.63) is 34.1 Å². The van der Waals surface area contributed by atoms with Crippen molar-refractivity contribution in [2.75, 3.05) is 32.9 Å². The second-order valence-corrected chi connectivity index (χ2v) is 8.69. The maximum Gasteiger partial charge on any atom is 0.253 e. The summed E-state index contributed by atoms with van der Waals surface area (Å²) in [5.74, 6) is 1.85. The molecule has 0 radical (unpaired) electrons. The van der Waals surface area contributed by atoms with Crippen LogP contribution in [0.25, 0.3) is 10.9 Å². The Morgan fingerprint density at radius 2 is 2.00 bits per heavy atom. The molecule has 0 aliphatic carbocycles. The third-order valence-electron chi connectivity index (χ3n) is 5.34. The van der Waals surface area contributed by atoms with Crippen molar-refractivity contribution in [2.24, 2.45) is 5.92 Å². The Bertz CT molecular complexity index is 969. The Labute approximate surface area is 181 Å². The zero-order valence-electron chi connectivity index (χ0n) is 17.5. The number of aromatic nitrogens is 1. The van der Waals surface area contributed by atoms with Crippen molar-refractivity contribution in [1.29, 1.82) is 0 Å². The average Bonchev–Trinajstić information content (AvgIpc) is 3.23. The lowest BCUT2D eigenvalue weighted by Gasteiger charge is -2.28. The summed E-state index contributed by atoms with van der Waals surface area (Å²) in [5, 5.41) is 4.89. The number of nitrogens with one attached hydrogen (secondary N) is 2. The van der Waals surface area contributed by atoms with Gasteiger partial charge in [-0.2, -0.15) is 0 Å². The highest BCUT2D eigenvalue weighted by molar-refractivity contribution is 7.80. The van der Waals surface area contributed by atoms with Crippen molar-refractivity contribution in [3.8, 4) is 11.5 Å². The molecule has 1 saturated heterocycles. The minimum atomic E-state index is -0.122. The van der Waals surface area contributed by atoms with Crippen molar-refractivity contribution in [2.45, 2.75) is 39.3 Å². The molecule has 1 fully saturated rings. The molecule has 30 heavy (non-hydrogen) atoms. The zero-order valence-corrected chi connectivity index (χ0v) is 18.3. The van der Waals surface area contributed by atoms with Crippen LogP contribution in [0.2, 0.25) is 0 Å². The first-order chi connectivity index (χ1) is 14.5. The predicted molar refractivity (Wildman–Crippen MR) is 120 cm³/mol. The first-order valence-electron chi connectivity index (χ1n) is 10.6. The van der Waals surface area contributed by atoms with Crippen molar-refractivity contribution in [3.63, 3.8) is 0 Å². The van der Waals surface area contributed by atoms with Crippen LogP contribution in [0.15, 0.2) is 23.0 Å². The van der Waals surface area contributed by atoms with Gasteiger partial charge >= 0.3 is 0 Å². The van der Waals surface area contributed by atoms with Crippen LogP contribution in [0.5, 0.6) is 11.5 Å². The minimum Gasteiger partial charge on any atom is -0.486 e. The van der Waals surface area contributed by atoms with Gasteiger partial charge in [0.05, 0.1) is 18.2 Å². The van der Waals surface area contributed by atoms with E-state index >= 15 is 0 Å². The van der Waals surface area contributed by atoms with E-state index in [1.54, 1.807) is 0 Å². The Balaban J connectivity index is 1.59. The van der Waals surface area contributed by atoms with Gasteiger partial charge < -0.3 is 29.4 Å². The lowest BCUT2D eigenvalue weighted by Crippen LogP contribution is -2.44. The summed E-state index contributed by atoms with van der Waals surface area (Å²) in [5.41, 5.74) is 1.27. The number of benzene rings is 1. The maximum atomic E-state index is 12.8. The van der Waals surface area contributed by atoms with Gasteiger partial charge in [-0.05, 0) is 43.1 Å². The summed E-state index contributed by atoms with van der Waals surface area (Å²) in [6.45, 7) is 7.99. The fraction of sp³-hybridized carbons (Fsp3) is 0.545. The third-order valence-corrected chi connectivity index (χ3v) is 5.74. The van der Waals surface area contributed by atoms with Crippen LogP contribution >= 0.6 is 12.2 Å². The molecular formula is C22H29N3O4S. The van der Waals surface area contributed by atoms with Crippen molar-refractivity contribution >= 4 is 28.2 Å². The molecule has 8 heteroatoms. The van der Waals surface area contributed by atoms with Crippen LogP contribution in [0.1, 0.15) is 32.3 Å². The average molecular weight is 432 g/mol. The number of ether oxygens (including phenoxy) is 3. The number of thiocarbonyl (C=S) groups is 1. The normalized spacial score (nSPS) is 18.0. The van der Waals surface area contributed by atoms with Crippen LogP contribution in [0.3, 0.4) is 0 Å². The van der Waals surface area contributed by atoms with Gasteiger partial charge in [0.25, 0.3) is 5.56 Å². The van der Waals surface area contributed by atoms with Gasteiger partial charge in [0.1, 0.15) is 13.2 Å².